The lowest BCUT2D eigenvalue weighted by Gasteiger charge is -2.09. The van der Waals surface area contributed by atoms with Gasteiger partial charge in [0.15, 0.2) is 5.16 Å². The quantitative estimate of drug-likeness (QED) is 0.510. The van der Waals surface area contributed by atoms with Crippen molar-refractivity contribution in [3.63, 3.8) is 0 Å². The van der Waals surface area contributed by atoms with Crippen LogP contribution in [0.3, 0.4) is 0 Å². The molecule has 0 aliphatic heterocycles. The van der Waals surface area contributed by atoms with Gasteiger partial charge in [0.2, 0.25) is 11.8 Å². The molecule has 1 heterocycles. The molecule has 0 saturated carbocycles. The summed E-state index contributed by atoms with van der Waals surface area (Å²) in [5.74, 6) is 0.417. The van der Waals surface area contributed by atoms with Gasteiger partial charge in [-0.15, -0.1) is 10.2 Å². The predicted octanol–water partition coefficient (Wildman–Crippen LogP) is 4.17. The maximum atomic E-state index is 12.3. The smallest absolute Gasteiger partial charge is 0.234 e. The fourth-order valence-corrected chi connectivity index (χ4v) is 3.75. The molecule has 2 aromatic carbocycles. The number of carbonyl (C=O) groups excluding carboxylic acids is 2. The highest BCUT2D eigenvalue weighted by atomic mass is 35.5. The second-order valence-electron chi connectivity index (χ2n) is 6.58. The Bertz CT molecular complexity index is 1040. The number of anilines is 2. The van der Waals surface area contributed by atoms with Gasteiger partial charge in [-0.3, -0.25) is 9.59 Å². The van der Waals surface area contributed by atoms with Gasteiger partial charge in [0.25, 0.3) is 0 Å². The number of aromatic nitrogens is 3. The van der Waals surface area contributed by atoms with Crippen molar-refractivity contribution in [3.05, 3.63) is 64.9 Å². The monoisotopic (exact) mass is 443 g/mol. The van der Waals surface area contributed by atoms with Crippen LogP contribution in [0.25, 0.3) is 0 Å². The third kappa shape index (κ3) is 6.08. The maximum Gasteiger partial charge on any atom is 0.234 e. The lowest BCUT2D eigenvalue weighted by Crippen LogP contribution is -2.18. The predicted molar refractivity (Wildman–Crippen MR) is 120 cm³/mol. The first kappa shape index (κ1) is 21.9. The number of thioether (sulfide) groups is 1. The minimum Gasteiger partial charge on any atom is -0.326 e. The fourth-order valence-electron chi connectivity index (χ4n) is 2.81. The molecule has 156 valence electrons. The molecule has 3 aromatic rings. The number of hydrogen-bond acceptors (Lipinski definition) is 5. The molecule has 30 heavy (non-hydrogen) atoms. The number of amides is 2. The molecule has 0 aliphatic rings. The van der Waals surface area contributed by atoms with Gasteiger partial charge in [0, 0.05) is 22.9 Å². The van der Waals surface area contributed by atoms with E-state index in [4.69, 9.17) is 11.6 Å². The van der Waals surface area contributed by atoms with Gasteiger partial charge < -0.3 is 15.2 Å². The Hall–Kier alpha value is -2.84. The van der Waals surface area contributed by atoms with E-state index in [-0.39, 0.29) is 24.0 Å². The van der Waals surface area contributed by atoms with Crippen LogP contribution in [0.15, 0.2) is 53.7 Å². The van der Waals surface area contributed by atoms with E-state index in [1.807, 2.05) is 42.7 Å². The number of carbonyl (C=O) groups is 2. The molecule has 0 spiro atoms. The molecule has 0 radical (unpaired) electrons. The van der Waals surface area contributed by atoms with Crippen LogP contribution in [-0.4, -0.2) is 32.3 Å². The molecule has 0 aliphatic carbocycles. The normalized spacial score (nSPS) is 10.6. The van der Waals surface area contributed by atoms with E-state index < -0.39 is 0 Å². The molecule has 9 heteroatoms. The van der Waals surface area contributed by atoms with Crippen molar-refractivity contribution in [2.75, 3.05) is 16.4 Å². The van der Waals surface area contributed by atoms with E-state index >= 15 is 0 Å². The van der Waals surface area contributed by atoms with Crippen LogP contribution < -0.4 is 10.6 Å². The van der Waals surface area contributed by atoms with E-state index in [2.05, 4.69) is 20.8 Å². The maximum absolute atomic E-state index is 12.3. The molecule has 7 nitrogen and oxygen atoms in total. The topological polar surface area (TPSA) is 88.9 Å². The summed E-state index contributed by atoms with van der Waals surface area (Å²) in [6, 6.07) is 14.5. The van der Waals surface area contributed by atoms with Gasteiger partial charge in [-0.2, -0.15) is 0 Å². The first-order chi connectivity index (χ1) is 14.4. The van der Waals surface area contributed by atoms with Crippen molar-refractivity contribution in [2.45, 2.75) is 32.0 Å². The van der Waals surface area contributed by atoms with Crippen molar-refractivity contribution in [1.82, 2.24) is 14.8 Å². The Morgan fingerprint density at radius 3 is 2.47 bits per heavy atom. The molecular formula is C21H22ClN5O2S. The highest BCUT2D eigenvalue weighted by molar-refractivity contribution is 7.99. The largest absolute Gasteiger partial charge is 0.326 e. The van der Waals surface area contributed by atoms with E-state index in [1.54, 1.807) is 24.3 Å². The zero-order chi connectivity index (χ0) is 21.5. The van der Waals surface area contributed by atoms with Crippen LogP contribution >= 0.6 is 23.4 Å². The Kier molecular flexibility index (Phi) is 7.48. The zero-order valence-electron chi connectivity index (χ0n) is 16.7. The molecule has 3 rings (SSSR count). The standard InChI is InChI=1S/C21H22ClN5O2S/c1-3-27-18(12-19(28)23-16-9-7-15(22)8-10-16)25-26-21(27)30-13-20(29)24-17-6-4-5-14(2)11-17/h4-11H,3,12-13H2,1-2H3,(H,23,28)(H,24,29). The van der Waals surface area contributed by atoms with Gasteiger partial charge in [-0.05, 0) is 55.8 Å². The van der Waals surface area contributed by atoms with Gasteiger partial charge in [-0.1, -0.05) is 35.5 Å². The zero-order valence-corrected chi connectivity index (χ0v) is 18.3. The highest BCUT2D eigenvalue weighted by Crippen LogP contribution is 2.19. The van der Waals surface area contributed by atoms with Gasteiger partial charge in [0.05, 0.1) is 12.2 Å². The summed E-state index contributed by atoms with van der Waals surface area (Å²) in [5, 5.41) is 15.2. The van der Waals surface area contributed by atoms with E-state index in [1.165, 1.54) is 11.8 Å². The third-order valence-electron chi connectivity index (χ3n) is 4.19. The molecule has 0 fully saturated rings. The average molecular weight is 444 g/mol. The lowest BCUT2D eigenvalue weighted by atomic mass is 10.2. The van der Waals surface area contributed by atoms with Crippen molar-refractivity contribution < 1.29 is 9.59 Å². The third-order valence-corrected chi connectivity index (χ3v) is 5.41. The van der Waals surface area contributed by atoms with Crippen molar-refractivity contribution in [3.8, 4) is 0 Å². The molecule has 2 amide bonds. The molecule has 0 unspecified atom stereocenters. The van der Waals surface area contributed by atoms with Crippen LogP contribution in [0.1, 0.15) is 18.3 Å². The minimum atomic E-state index is -0.201. The Morgan fingerprint density at radius 2 is 1.77 bits per heavy atom. The summed E-state index contributed by atoms with van der Waals surface area (Å²) < 4.78 is 1.84. The van der Waals surface area contributed by atoms with Crippen LogP contribution in [0.2, 0.25) is 5.02 Å². The number of rotatable bonds is 8. The molecule has 2 N–H and O–H groups in total. The van der Waals surface area contributed by atoms with Gasteiger partial charge in [-0.25, -0.2) is 0 Å². The lowest BCUT2D eigenvalue weighted by molar-refractivity contribution is -0.116. The van der Waals surface area contributed by atoms with Crippen LogP contribution in [0.5, 0.6) is 0 Å². The SMILES string of the molecule is CCn1c(CC(=O)Nc2ccc(Cl)cc2)nnc1SCC(=O)Nc1cccc(C)c1. The molecule has 0 bridgehead atoms. The van der Waals surface area contributed by atoms with Crippen molar-refractivity contribution in [1.29, 1.82) is 0 Å². The Balaban J connectivity index is 1.57. The van der Waals surface area contributed by atoms with Crippen molar-refractivity contribution in [2.24, 2.45) is 0 Å². The molecular weight excluding hydrogens is 422 g/mol. The van der Waals surface area contributed by atoms with Crippen LogP contribution in [0.4, 0.5) is 11.4 Å². The van der Waals surface area contributed by atoms with E-state index in [0.717, 1.165) is 11.3 Å². The highest BCUT2D eigenvalue weighted by Gasteiger charge is 2.16. The number of benzene rings is 2. The summed E-state index contributed by atoms with van der Waals surface area (Å²) in [6.07, 6.45) is 0.0829. The summed E-state index contributed by atoms with van der Waals surface area (Å²) in [4.78, 5) is 24.6. The number of nitrogens with zero attached hydrogens (tertiary/aromatic N) is 3. The first-order valence-electron chi connectivity index (χ1n) is 9.41. The number of hydrogen-bond donors (Lipinski definition) is 2. The van der Waals surface area contributed by atoms with Gasteiger partial charge in [0.1, 0.15) is 5.82 Å². The molecule has 0 saturated heterocycles. The Morgan fingerprint density at radius 1 is 1.03 bits per heavy atom. The van der Waals surface area contributed by atoms with Gasteiger partial charge >= 0.3 is 0 Å². The van der Waals surface area contributed by atoms with Crippen LogP contribution in [0, 0.1) is 6.92 Å². The number of halogens is 1. The first-order valence-corrected chi connectivity index (χ1v) is 10.8. The fraction of sp³-hybridized carbons (Fsp3) is 0.238. The summed E-state index contributed by atoms with van der Waals surface area (Å²) >= 11 is 7.15. The second kappa shape index (κ2) is 10.3. The summed E-state index contributed by atoms with van der Waals surface area (Å²) in [5.41, 5.74) is 2.50. The minimum absolute atomic E-state index is 0.0829. The number of aryl methyl sites for hydroxylation is 1. The van der Waals surface area contributed by atoms with Crippen molar-refractivity contribution >= 4 is 46.6 Å². The second-order valence-corrected chi connectivity index (χ2v) is 7.96. The summed E-state index contributed by atoms with van der Waals surface area (Å²) in [7, 11) is 0. The van der Waals surface area contributed by atoms with E-state index in [9.17, 15) is 9.59 Å². The summed E-state index contributed by atoms with van der Waals surface area (Å²) in [6.45, 7) is 4.51. The van der Waals surface area contributed by atoms with Crippen LogP contribution in [-0.2, 0) is 22.6 Å². The number of nitrogens with one attached hydrogen (secondary N) is 2. The molecule has 0 atom stereocenters. The van der Waals surface area contributed by atoms with E-state index in [0.29, 0.717) is 28.2 Å². The average Bonchev–Trinajstić information content (AvgIpc) is 3.09. The Labute approximate surface area is 184 Å². The molecule has 1 aromatic heterocycles.